The zero-order valence-electron chi connectivity index (χ0n) is 10.9. The van der Waals surface area contributed by atoms with Gasteiger partial charge in [0.1, 0.15) is 0 Å². The molecule has 0 heterocycles. The van der Waals surface area contributed by atoms with Crippen molar-refractivity contribution in [3.8, 4) is 5.75 Å². The minimum atomic E-state index is -0.627. The van der Waals surface area contributed by atoms with E-state index in [2.05, 4.69) is 15.9 Å². The average molecular weight is 333 g/mol. The first-order valence-electron chi connectivity index (χ1n) is 6.80. The normalized spacial score (nSPS) is 18.9. The van der Waals surface area contributed by atoms with Crippen LogP contribution in [0.5, 0.6) is 5.75 Å². The molecule has 0 atom stereocenters. The highest BCUT2D eigenvalue weighted by molar-refractivity contribution is 9.09. The minimum Gasteiger partial charge on any atom is -0.487 e. The van der Waals surface area contributed by atoms with Crippen molar-refractivity contribution in [2.75, 3.05) is 11.9 Å². The molecule has 0 unspecified atom stereocenters. The maximum atomic E-state index is 13.5. The predicted octanol–water partition coefficient (Wildman–Crippen LogP) is 5.08. The van der Waals surface area contributed by atoms with Crippen molar-refractivity contribution in [3.63, 3.8) is 0 Å². The van der Waals surface area contributed by atoms with Gasteiger partial charge in [-0.25, -0.2) is 8.78 Å². The van der Waals surface area contributed by atoms with Crippen molar-refractivity contribution < 1.29 is 13.5 Å². The summed E-state index contributed by atoms with van der Waals surface area (Å²) in [6.45, 7) is 0.371. The molecule has 0 N–H and O–H groups in total. The molecule has 1 nitrogen and oxygen atoms in total. The lowest BCUT2D eigenvalue weighted by molar-refractivity contribution is 0.140. The van der Waals surface area contributed by atoms with Gasteiger partial charge in [0.05, 0.1) is 6.61 Å². The van der Waals surface area contributed by atoms with Crippen molar-refractivity contribution in [1.29, 1.82) is 0 Å². The standard InChI is InChI=1S/C15H19BrF2O/c16-10-15(8-3-1-2-4-9-15)11-19-14-12(17)6-5-7-13(14)18/h5-7H,1-4,8-11H2. The molecule has 106 valence electrons. The fourth-order valence-corrected chi connectivity index (χ4v) is 3.36. The molecule has 1 aliphatic rings. The number of rotatable bonds is 4. The number of ether oxygens (including phenoxy) is 1. The third-order valence-corrected chi connectivity index (χ3v) is 5.08. The van der Waals surface area contributed by atoms with Crippen LogP contribution in [0.1, 0.15) is 38.5 Å². The summed E-state index contributed by atoms with van der Waals surface area (Å²) < 4.78 is 32.6. The highest BCUT2D eigenvalue weighted by Crippen LogP contribution is 2.37. The number of hydrogen-bond acceptors (Lipinski definition) is 1. The topological polar surface area (TPSA) is 9.23 Å². The van der Waals surface area contributed by atoms with Crippen molar-refractivity contribution >= 4 is 15.9 Å². The molecule has 0 amide bonds. The molecule has 19 heavy (non-hydrogen) atoms. The van der Waals surface area contributed by atoms with E-state index in [-0.39, 0.29) is 11.2 Å². The van der Waals surface area contributed by atoms with Gasteiger partial charge in [-0.05, 0) is 25.0 Å². The fourth-order valence-electron chi connectivity index (χ4n) is 2.64. The van der Waals surface area contributed by atoms with Gasteiger partial charge in [-0.15, -0.1) is 0 Å². The van der Waals surface area contributed by atoms with E-state index in [1.807, 2.05) is 0 Å². The summed E-state index contributed by atoms with van der Waals surface area (Å²) in [6, 6.07) is 3.81. The van der Waals surface area contributed by atoms with Crippen LogP contribution in [0, 0.1) is 17.0 Å². The second-order valence-electron chi connectivity index (χ2n) is 5.39. The molecule has 1 fully saturated rings. The van der Waals surface area contributed by atoms with Crippen molar-refractivity contribution in [2.45, 2.75) is 38.5 Å². The largest absolute Gasteiger partial charge is 0.487 e. The van der Waals surface area contributed by atoms with Crippen LogP contribution in [0.15, 0.2) is 18.2 Å². The maximum absolute atomic E-state index is 13.5. The second kappa shape index (κ2) is 6.69. The Morgan fingerprint density at radius 1 is 1.05 bits per heavy atom. The third-order valence-electron chi connectivity index (χ3n) is 3.89. The number of benzene rings is 1. The monoisotopic (exact) mass is 332 g/mol. The Balaban J connectivity index is 2.06. The van der Waals surface area contributed by atoms with Crippen LogP contribution in [0.4, 0.5) is 8.78 Å². The van der Waals surface area contributed by atoms with Crippen molar-refractivity contribution in [3.05, 3.63) is 29.8 Å². The van der Waals surface area contributed by atoms with E-state index >= 15 is 0 Å². The highest BCUT2D eigenvalue weighted by Gasteiger charge is 2.31. The first-order chi connectivity index (χ1) is 9.17. The number of para-hydroxylation sites is 1. The Morgan fingerprint density at radius 3 is 2.16 bits per heavy atom. The number of alkyl halides is 1. The van der Waals surface area contributed by atoms with Crippen LogP contribution in [0.3, 0.4) is 0 Å². The lowest BCUT2D eigenvalue weighted by atomic mass is 9.83. The van der Waals surface area contributed by atoms with Gasteiger partial charge in [0.2, 0.25) is 0 Å². The van der Waals surface area contributed by atoms with Crippen molar-refractivity contribution in [1.82, 2.24) is 0 Å². The van der Waals surface area contributed by atoms with E-state index in [0.717, 1.165) is 31.0 Å². The van der Waals surface area contributed by atoms with Gasteiger partial charge in [0, 0.05) is 10.7 Å². The van der Waals surface area contributed by atoms with Crippen LogP contribution < -0.4 is 4.74 Å². The van der Waals surface area contributed by atoms with Gasteiger partial charge in [-0.1, -0.05) is 47.7 Å². The maximum Gasteiger partial charge on any atom is 0.190 e. The zero-order chi connectivity index (χ0) is 13.7. The molecule has 2 rings (SSSR count). The first-order valence-corrected chi connectivity index (χ1v) is 7.92. The summed E-state index contributed by atoms with van der Waals surface area (Å²) in [4.78, 5) is 0. The molecule has 0 saturated heterocycles. The van der Waals surface area contributed by atoms with Crippen molar-refractivity contribution in [2.24, 2.45) is 5.41 Å². The molecule has 0 spiro atoms. The molecule has 0 radical (unpaired) electrons. The highest BCUT2D eigenvalue weighted by atomic mass is 79.9. The molecule has 1 aromatic rings. The minimum absolute atomic E-state index is 0.00518. The Kier molecular flexibility index (Phi) is 5.20. The van der Waals surface area contributed by atoms with E-state index in [9.17, 15) is 8.78 Å². The summed E-state index contributed by atoms with van der Waals surface area (Å²) in [5.74, 6) is -1.50. The molecular weight excluding hydrogens is 314 g/mol. The third kappa shape index (κ3) is 3.68. The van der Waals surface area contributed by atoms with Gasteiger partial charge in [0.25, 0.3) is 0 Å². The summed E-state index contributed by atoms with van der Waals surface area (Å²) in [6.07, 6.45) is 6.90. The second-order valence-corrected chi connectivity index (χ2v) is 5.95. The first kappa shape index (κ1) is 14.8. The number of halogens is 3. The van der Waals surface area contributed by atoms with E-state index in [1.54, 1.807) is 0 Å². The predicted molar refractivity (Wildman–Crippen MR) is 75.8 cm³/mol. The summed E-state index contributed by atoms with van der Waals surface area (Å²) in [7, 11) is 0. The van der Waals surface area contributed by atoms with Gasteiger partial charge in [-0.2, -0.15) is 0 Å². The van der Waals surface area contributed by atoms with E-state index in [4.69, 9.17) is 4.74 Å². The van der Waals surface area contributed by atoms with Crippen LogP contribution in [-0.2, 0) is 0 Å². The Morgan fingerprint density at radius 2 is 1.63 bits per heavy atom. The summed E-state index contributed by atoms with van der Waals surface area (Å²) in [5.41, 5.74) is 0.00518. The molecule has 0 aliphatic heterocycles. The van der Waals surface area contributed by atoms with Crippen LogP contribution >= 0.6 is 15.9 Å². The summed E-state index contributed by atoms with van der Waals surface area (Å²) in [5, 5.41) is 0.816. The van der Waals surface area contributed by atoms with Gasteiger partial charge in [-0.3, -0.25) is 0 Å². The van der Waals surface area contributed by atoms with Crippen LogP contribution in [0.25, 0.3) is 0 Å². The molecule has 1 aliphatic carbocycles. The molecule has 0 aromatic heterocycles. The van der Waals surface area contributed by atoms with Gasteiger partial charge in [0.15, 0.2) is 17.4 Å². The zero-order valence-corrected chi connectivity index (χ0v) is 12.5. The molecule has 4 heteroatoms. The Labute approximate surface area is 121 Å². The fraction of sp³-hybridized carbons (Fsp3) is 0.600. The van der Waals surface area contributed by atoms with Crippen LogP contribution in [-0.4, -0.2) is 11.9 Å². The van der Waals surface area contributed by atoms with E-state index in [0.29, 0.717) is 6.61 Å². The lowest BCUT2D eigenvalue weighted by Crippen LogP contribution is -2.30. The van der Waals surface area contributed by atoms with Crippen LogP contribution in [0.2, 0.25) is 0 Å². The lowest BCUT2D eigenvalue weighted by Gasteiger charge is -2.30. The van der Waals surface area contributed by atoms with Gasteiger partial charge >= 0.3 is 0 Å². The quantitative estimate of drug-likeness (QED) is 0.552. The summed E-state index contributed by atoms with van der Waals surface area (Å²) >= 11 is 3.55. The van der Waals surface area contributed by atoms with Gasteiger partial charge < -0.3 is 4.74 Å². The number of hydrogen-bond donors (Lipinski definition) is 0. The average Bonchev–Trinajstić information content (AvgIpc) is 2.64. The van der Waals surface area contributed by atoms with E-state index in [1.165, 1.54) is 31.0 Å². The SMILES string of the molecule is Fc1cccc(F)c1OCC1(CBr)CCCCCC1. The molecule has 1 saturated carbocycles. The smallest absolute Gasteiger partial charge is 0.190 e. The van der Waals surface area contributed by atoms with E-state index < -0.39 is 11.6 Å². The molecular formula is C15H19BrF2O. The Bertz CT molecular complexity index is 394. The molecule has 1 aromatic carbocycles. The molecule has 0 bridgehead atoms. The Hall–Kier alpha value is -0.640.